The molecule has 0 heterocycles. The van der Waals surface area contributed by atoms with E-state index in [1.807, 2.05) is 61.5 Å². The zero-order valence-electron chi connectivity index (χ0n) is 18.7. The summed E-state index contributed by atoms with van der Waals surface area (Å²) in [5, 5.41) is 13.2. The van der Waals surface area contributed by atoms with Gasteiger partial charge in [-0.3, -0.25) is 5.32 Å². The highest BCUT2D eigenvalue weighted by molar-refractivity contribution is 7.90. The first kappa shape index (κ1) is 24.6. The Labute approximate surface area is 194 Å². The van der Waals surface area contributed by atoms with Gasteiger partial charge in [0.25, 0.3) is 0 Å². The van der Waals surface area contributed by atoms with Crippen molar-refractivity contribution in [2.75, 3.05) is 19.4 Å². The Bertz CT molecular complexity index is 1090. The molecule has 0 aliphatic heterocycles. The second kappa shape index (κ2) is 11.7. The van der Waals surface area contributed by atoms with Gasteiger partial charge >= 0.3 is 0 Å². The summed E-state index contributed by atoms with van der Waals surface area (Å²) in [5.41, 5.74) is 1.10. The van der Waals surface area contributed by atoms with Crippen molar-refractivity contribution in [1.82, 2.24) is 5.32 Å². The van der Waals surface area contributed by atoms with Gasteiger partial charge in [0.15, 0.2) is 9.84 Å². The smallest absolute Gasteiger partial charge is 0.175 e. The molecule has 0 amide bonds. The van der Waals surface area contributed by atoms with Crippen LogP contribution in [0.2, 0.25) is 0 Å². The number of benzene rings is 3. The molecule has 3 rings (SSSR count). The molecule has 0 aliphatic carbocycles. The first-order valence-electron chi connectivity index (χ1n) is 10.6. The number of sulfone groups is 1. The highest BCUT2D eigenvalue weighted by atomic mass is 32.2. The van der Waals surface area contributed by atoms with E-state index in [1.54, 1.807) is 12.1 Å². The Morgan fingerprint density at radius 2 is 1.42 bits per heavy atom. The Kier molecular flexibility index (Phi) is 8.71. The molecule has 0 aromatic heterocycles. The summed E-state index contributed by atoms with van der Waals surface area (Å²) >= 11 is 0. The molecule has 3 aromatic rings. The minimum atomic E-state index is -3.25. The molecule has 0 saturated heterocycles. The van der Waals surface area contributed by atoms with Crippen LogP contribution in [-0.2, 0) is 16.4 Å². The fourth-order valence-corrected chi connectivity index (χ4v) is 3.57. The van der Waals surface area contributed by atoms with Crippen LogP contribution in [0.15, 0.2) is 83.8 Å². The molecule has 0 spiro atoms. The van der Waals surface area contributed by atoms with E-state index < -0.39 is 15.9 Å². The Hall–Kier alpha value is -3.07. The van der Waals surface area contributed by atoms with Crippen LogP contribution in [0.1, 0.15) is 12.5 Å². The summed E-state index contributed by atoms with van der Waals surface area (Å²) in [6.45, 7) is 2.67. The van der Waals surface area contributed by atoms with E-state index in [-0.39, 0.29) is 24.3 Å². The van der Waals surface area contributed by atoms with Gasteiger partial charge in [-0.25, -0.2) is 8.42 Å². The quantitative estimate of drug-likeness (QED) is 0.391. The minimum Gasteiger partial charge on any atom is -0.491 e. The van der Waals surface area contributed by atoms with E-state index in [1.165, 1.54) is 12.1 Å². The molecule has 7 nitrogen and oxygen atoms in total. The van der Waals surface area contributed by atoms with Crippen molar-refractivity contribution < 1.29 is 27.7 Å². The third kappa shape index (κ3) is 8.42. The Morgan fingerprint density at radius 3 is 2.06 bits per heavy atom. The number of rotatable bonds is 12. The van der Waals surface area contributed by atoms with Crippen molar-refractivity contribution in [1.29, 1.82) is 0 Å². The lowest BCUT2D eigenvalue weighted by atomic mass is 10.2. The predicted molar refractivity (Wildman–Crippen MR) is 126 cm³/mol. The van der Waals surface area contributed by atoms with E-state index in [0.717, 1.165) is 17.6 Å². The van der Waals surface area contributed by atoms with Crippen molar-refractivity contribution in [3.8, 4) is 17.2 Å². The van der Waals surface area contributed by atoms with Crippen LogP contribution in [0.3, 0.4) is 0 Å². The van der Waals surface area contributed by atoms with Crippen LogP contribution in [0.4, 0.5) is 0 Å². The highest BCUT2D eigenvalue weighted by Crippen LogP contribution is 2.19. The van der Waals surface area contributed by atoms with E-state index >= 15 is 0 Å². The summed E-state index contributed by atoms with van der Waals surface area (Å²) in [6, 6.07) is 23.4. The van der Waals surface area contributed by atoms with Gasteiger partial charge < -0.3 is 19.3 Å². The van der Waals surface area contributed by atoms with Gasteiger partial charge in [-0.2, -0.15) is 0 Å². The molecule has 176 valence electrons. The van der Waals surface area contributed by atoms with Crippen LogP contribution in [0.25, 0.3) is 0 Å². The van der Waals surface area contributed by atoms with Crippen molar-refractivity contribution in [3.05, 3.63) is 84.4 Å². The van der Waals surface area contributed by atoms with Crippen LogP contribution >= 0.6 is 0 Å². The molecule has 8 heteroatoms. The molecule has 2 unspecified atom stereocenters. The molecule has 2 N–H and O–H groups in total. The maximum Gasteiger partial charge on any atom is 0.175 e. The van der Waals surface area contributed by atoms with E-state index in [4.69, 9.17) is 14.2 Å². The molecular weight excluding hydrogens is 442 g/mol. The van der Waals surface area contributed by atoms with Gasteiger partial charge in [-0.1, -0.05) is 30.3 Å². The third-order valence-electron chi connectivity index (χ3n) is 4.72. The normalized spacial score (nSPS) is 13.2. The zero-order chi connectivity index (χ0) is 23.7. The van der Waals surface area contributed by atoms with E-state index in [2.05, 4.69) is 5.32 Å². The third-order valence-corrected chi connectivity index (χ3v) is 5.85. The van der Waals surface area contributed by atoms with Gasteiger partial charge in [0.2, 0.25) is 0 Å². The second-order valence-electron chi connectivity index (χ2n) is 7.62. The van der Waals surface area contributed by atoms with Crippen LogP contribution in [0, 0.1) is 0 Å². The molecule has 0 fully saturated rings. The molecule has 0 radical (unpaired) electrons. The van der Waals surface area contributed by atoms with E-state index in [0.29, 0.717) is 18.1 Å². The van der Waals surface area contributed by atoms with Gasteiger partial charge in [-0.15, -0.1) is 0 Å². The first-order chi connectivity index (χ1) is 15.8. The topological polar surface area (TPSA) is 94.1 Å². The second-order valence-corrected chi connectivity index (χ2v) is 9.64. The summed E-state index contributed by atoms with van der Waals surface area (Å²) in [4.78, 5) is 0.221. The van der Waals surface area contributed by atoms with Crippen molar-refractivity contribution in [2.24, 2.45) is 0 Å². The minimum absolute atomic E-state index is 0.0609. The summed E-state index contributed by atoms with van der Waals surface area (Å²) in [7, 11) is -3.25. The monoisotopic (exact) mass is 471 g/mol. The summed E-state index contributed by atoms with van der Waals surface area (Å²) in [5.74, 6) is 1.92. The van der Waals surface area contributed by atoms with E-state index in [9.17, 15) is 13.5 Å². The van der Waals surface area contributed by atoms with Crippen molar-refractivity contribution >= 4 is 9.84 Å². The molecule has 0 bridgehead atoms. The lowest BCUT2D eigenvalue weighted by molar-refractivity contribution is 0.0867. The van der Waals surface area contributed by atoms with Gasteiger partial charge in [-0.05, 0) is 61.0 Å². The standard InChI is InChI=1S/C25H29NO6S/c1-19(26-16-21(27)18-31-23-12-14-25(15-13-23)33(2,28)29)32-24-10-8-22(9-11-24)30-17-20-6-4-3-5-7-20/h3-15,19,21,26-27H,16-18H2,1-2H3. The molecular formula is C25H29NO6S. The molecule has 0 saturated carbocycles. The molecule has 3 aromatic carbocycles. The lowest BCUT2D eigenvalue weighted by Crippen LogP contribution is -2.39. The molecule has 33 heavy (non-hydrogen) atoms. The molecule has 0 aliphatic rings. The lowest BCUT2D eigenvalue weighted by Gasteiger charge is -2.19. The Morgan fingerprint density at radius 1 is 0.848 bits per heavy atom. The number of aliphatic hydroxyl groups is 1. The summed E-state index contributed by atoms with van der Waals surface area (Å²) < 4.78 is 40.1. The predicted octanol–water partition coefficient (Wildman–Crippen LogP) is 3.42. The van der Waals surface area contributed by atoms with Crippen LogP contribution < -0.4 is 19.5 Å². The average molecular weight is 472 g/mol. The van der Waals surface area contributed by atoms with Crippen molar-refractivity contribution in [3.63, 3.8) is 0 Å². The maximum absolute atomic E-state index is 11.5. The largest absolute Gasteiger partial charge is 0.491 e. The fourth-order valence-electron chi connectivity index (χ4n) is 2.94. The molecule has 2 atom stereocenters. The first-order valence-corrected chi connectivity index (χ1v) is 12.5. The average Bonchev–Trinajstić information content (AvgIpc) is 2.81. The highest BCUT2D eigenvalue weighted by Gasteiger charge is 2.11. The van der Waals surface area contributed by atoms with Crippen LogP contribution in [0.5, 0.6) is 17.2 Å². The van der Waals surface area contributed by atoms with Gasteiger partial charge in [0, 0.05) is 12.8 Å². The number of ether oxygens (including phenoxy) is 3. The number of nitrogens with one attached hydrogen (secondary N) is 1. The van der Waals surface area contributed by atoms with Crippen molar-refractivity contribution in [2.45, 2.75) is 30.8 Å². The number of aliphatic hydroxyl groups excluding tert-OH is 1. The number of hydrogen-bond acceptors (Lipinski definition) is 7. The Balaban J connectivity index is 1.36. The van der Waals surface area contributed by atoms with Gasteiger partial charge in [0.05, 0.1) is 4.90 Å². The maximum atomic E-state index is 11.5. The number of hydrogen-bond donors (Lipinski definition) is 2. The zero-order valence-corrected chi connectivity index (χ0v) is 19.5. The van der Waals surface area contributed by atoms with Gasteiger partial charge in [0.1, 0.15) is 42.8 Å². The van der Waals surface area contributed by atoms with Crippen LogP contribution in [-0.4, -0.2) is 45.3 Å². The SMILES string of the molecule is CC(NCC(O)COc1ccc(S(C)(=O)=O)cc1)Oc1ccc(OCc2ccccc2)cc1. The summed E-state index contributed by atoms with van der Waals surface area (Å²) in [6.07, 6.45) is 0.0552. The fraction of sp³-hybridized carbons (Fsp3) is 0.280.